The van der Waals surface area contributed by atoms with Gasteiger partial charge in [-0.3, -0.25) is 4.79 Å². The minimum Gasteiger partial charge on any atom is -0.481 e. The van der Waals surface area contributed by atoms with Gasteiger partial charge in [-0.2, -0.15) is 0 Å². The molecule has 1 saturated carbocycles. The van der Waals surface area contributed by atoms with E-state index in [0.717, 1.165) is 32.1 Å². The van der Waals surface area contributed by atoms with Gasteiger partial charge in [0.25, 0.3) is 0 Å². The fourth-order valence-electron chi connectivity index (χ4n) is 2.95. The number of urea groups is 1. The van der Waals surface area contributed by atoms with Crippen LogP contribution < -0.4 is 10.6 Å². The molecule has 0 aromatic rings. The molecule has 0 bridgehead atoms. The molecule has 0 radical (unpaired) electrons. The smallest absolute Gasteiger partial charge is 0.315 e. The largest absolute Gasteiger partial charge is 0.481 e. The number of rotatable bonds is 8. The number of hydrogen-bond acceptors (Lipinski definition) is 2. The molecule has 0 saturated heterocycles. The normalized spacial score (nSPS) is 23.3. The third kappa shape index (κ3) is 7.34. The summed E-state index contributed by atoms with van der Waals surface area (Å²) in [5.41, 5.74) is 0. The van der Waals surface area contributed by atoms with E-state index in [1.54, 1.807) is 0 Å². The van der Waals surface area contributed by atoms with Crippen molar-refractivity contribution in [3.63, 3.8) is 0 Å². The molecule has 21 heavy (non-hydrogen) atoms. The summed E-state index contributed by atoms with van der Waals surface area (Å²) in [6.45, 7) is 4.20. The molecule has 1 rings (SSSR count). The van der Waals surface area contributed by atoms with E-state index in [9.17, 15) is 9.59 Å². The van der Waals surface area contributed by atoms with E-state index in [1.165, 1.54) is 19.3 Å². The standard InChI is InChI=1S/C16H30N2O3/c1-3-4-5-6-8-12(2)17-16(21)18-14-10-7-9-13(11-14)15(19)20/h12-14H,3-11H2,1-2H3,(H,19,20)(H2,17,18,21). The molecule has 5 heteroatoms. The molecule has 1 fully saturated rings. The molecule has 2 amide bonds. The lowest BCUT2D eigenvalue weighted by Crippen LogP contribution is -2.47. The SMILES string of the molecule is CCCCCCC(C)NC(=O)NC1CCCC(C(=O)O)C1. The van der Waals surface area contributed by atoms with E-state index < -0.39 is 5.97 Å². The van der Waals surface area contributed by atoms with Gasteiger partial charge in [0, 0.05) is 12.1 Å². The lowest BCUT2D eigenvalue weighted by Gasteiger charge is -2.28. The molecule has 0 aliphatic heterocycles. The highest BCUT2D eigenvalue weighted by Gasteiger charge is 2.27. The van der Waals surface area contributed by atoms with Crippen molar-refractivity contribution in [3.8, 4) is 0 Å². The van der Waals surface area contributed by atoms with Gasteiger partial charge in [-0.15, -0.1) is 0 Å². The minimum absolute atomic E-state index is 0.00728. The van der Waals surface area contributed by atoms with E-state index in [1.807, 2.05) is 6.92 Å². The van der Waals surface area contributed by atoms with Crippen LogP contribution in [-0.4, -0.2) is 29.2 Å². The first kappa shape index (κ1) is 17.8. The summed E-state index contributed by atoms with van der Waals surface area (Å²) in [5, 5.41) is 14.9. The van der Waals surface area contributed by atoms with Gasteiger partial charge >= 0.3 is 12.0 Å². The number of amides is 2. The predicted molar refractivity (Wildman–Crippen MR) is 83.3 cm³/mol. The van der Waals surface area contributed by atoms with Crippen LogP contribution >= 0.6 is 0 Å². The zero-order chi connectivity index (χ0) is 15.7. The number of carboxylic acid groups (broad SMARTS) is 1. The maximum Gasteiger partial charge on any atom is 0.315 e. The van der Waals surface area contributed by atoms with E-state index in [2.05, 4.69) is 17.6 Å². The minimum atomic E-state index is -0.744. The first-order valence-electron chi connectivity index (χ1n) is 8.32. The molecule has 0 aromatic carbocycles. The van der Waals surface area contributed by atoms with Crippen molar-refractivity contribution in [2.24, 2.45) is 5.92 Å². The summed E-state index contributed by atoms with van der Waals surface area (Å²) in [7, 11) is 0. The van der Waals surface area contributed by atoms with Crippen molar-refractivity contribution in [1.82, 2.24) is 10.6 Å². The van der Waals surface area contributed by atoms with Gasteiger partial charge in [-0.05, 0) is 32.6 Å². The molecular weight excluding hydrogens is 268 g/mol. The second-order valence-electron chi connectivity index (χ2n) is 6.27. The van der Waals surface area contributed by atoms with Gasteiger partial charge in [0.05, 0.1) is 5.92 Å². The summed E-state index contributed by atoms with van der Waals surface area (Å²) < 4.78 is 0. The Labute approximate surface area is 127 Å². The van der Waals surface area contributed by atoms with Gasteiger partial charge in [0.2, 0.25) is 0 Å². The second-order valence-corrected chi connectivity index (χ2v) is 6.27. The van der Waals surface area contributed by atoms with E-state index in [-0.39, 0.29) is 24.0 Å². The maximum atomic E-state index is 11.9. The van der Waals surface area contributed by atoms with E-state index in [4.69, 9.17) is 5.11 Å². The van der Waals surface area contributed by atoms with Crippen molar-refractivity contribution in [2.75, 3.05) is 0 Å². The Morgan fingerprint density at radius 2 is 2.00 bits per heavy atom. The summed E-state index contributed by atoms with van der Waals surface area (Å²) in [5.74, 6) is -1.05. The number of carbonyl (C=O) groups excluding carboxylic acids is 1. The Morgan fingerprint density at radius 3 is 2.67 bits per heavy atom. The third-order valence-corrected chi connectivity index (χ3v) is 4.23. The summed E-state index contributed by atoms with van der Waals surface area (Å²) in [6, 6.07) is 0.00175. The number of carbonyl (C=O) groups is 2. The molecule has 5 nitrogen and oxygen atoms in total. The van der Waals surface area contributed by atoms with Crippen LogP contribution in [0.5, 0.6) is 0 Å². The lowest BCUT2D eigenvalue weighted by atomic mass is 9.86. The first-order chi connectivity index (χ1) is 10.0. The fraction of sp³-hybridized carbons (Fsp3) is 0.875. The van der Waals surface area contributed by atoms with Crippen LogP contribution in [0.2, 0.25) is 0 Å². The molecule has 1 aliphatic carbocycles. The zero-order valence-electron chi connectivity index (χ0n) is 13.4. The van der Waals surface area contributed by atoms with Crippen LogP contribution in [0.3, 0.4) is 0 Å². The zero-order valence-corrected chi connectivity index (χ0v) is 13.4. The number of carboxylic acids is 1. The molecule has 3 atom stereocenters. The Kier molecular flexibility index (Phi) is 8.16. The highest BCUT2D eigenvalue weighted by molar-refractivity contribution is 5.75. The third-order valence-electron chi connectivity index (χ3n) is 4.23. The highest BCUT2D eigenvalue weighted by atomic mass is 16.4. The molecule has 3 unspecified atom stereocenters. The van der Waals surface area contributed by atoms with Crippen LogP contribution in [-0.2, 0) is 4.79 Å². The average molecular weight is 298 g/mol. The van der Waals surface area contributed by atoms with Crippen LogP contribution in [0.25, 0.3) is 0 Å². The Morgan fingerprint density at radius 1 is 1.24 bits per heavy atom. The van der Waals surface area contributed by atoms with Crippen molar-refractivity contribution >= 4 is 12.0 Å². The number of aliphatic carboxylic acids is 1. The fourth-order valence-corrected chi connectivity index (χ4v) is 2.95. The van der Waals surface area contributed by atoms with Crippen LogP contribution in [0, 0.1) is 5.92 Å². The Hall–Kier alpha value is -1.26. The predicted octanol–water partition coefficient (Wildman–Crippen LogP) is 3.29. The number of unbranched alkanes of at least 4 members (excludes halogenated alkanes) is 3. The summed E-state index contributed by atoms with van der Waals surface area (Å²) in [4.78, 5) is 22.9. The molecule has 1 aliphatic rings. The Bertz CT molecular complexity index is 333. The highest BCUT2D eigenvalue weighted by Crippen LogP contribution is 2.24. The van der Waals surface area contributed by atoms with Crippen LogP contribution in [0.15, 0.2) is 0 Å². The molecule has 0 aromatic heterocycles. The number of nitrogens with one attached hydrogen (secondary N) is 2. The van der Waals surface area contributed by atoms with Gasteiger partial charge in [-0.25, -0.2) is 4.79 Å². The quantitative estimate of drug-likeness (QED) is 0.602. The molecule has 3 N–H and O–H groups in total. The summed E-state index contributed by atoms with van der Waals surface area (Å²) >= 11 is 0. The van der Waals surface area contributed by atoms with Crippen molar-refractivity contribution in [2.45, 2.75) is 83.7 Å². The van der Waals surface area contributed by atoms with Crippen LogP contribution in [0.1, 0.15) is 71.6 Å². The topological polar surface area (TPSA) is 78.4 Å². The first-order valence-corrected chi connectivity index (χ1v) is 8.32. The van der Waals surface area contributed by atoms with E-state index in [0.29, 0.717) is 6.42 Å². The average Bonchev–Trinajstić information content (AvgIpc) is 2.43. The monoisotopic (exact) mass is 298 g/mol. The van der Waals surface area contributed by atoms with Gasteiger partial charge in [0.1, 0.15) is 0 Å². The van der Waals surface area contributed by atoms with Gasteiger partial charge in [-0.1, -0.05) is 39.0 Å². The van der Waals surface area contributed by atoms with Crippen molar-refractivity contribution in [1.29, 1.82) is 0 Å². The molecule has 0 spiro atoms. The summed E-state index contributed by atoms with van der Waals surface area (Å²) in [6.07, 6.45) is 8.84. The van der Waals surface area contributed by atoms with Crippen molar-refractivity contribution < 1.29 is 14.7 Å². The Balaban J connectivity index is 2.21. The lowest BCUT2D eigenvalue weighted by molar-refractivity contribution is -0.143. The number of hydrogen-bond donors (Lipinski definition) is 3. The van der Waals surface area contributed by atoms with E-state index >= 15 is 0 Å². The van der Waals surface area contributed by atoms with Crippen LogP contribution in [0.4, 0.5) is 4.79 Å². The van der Waals surface area contributed by atoms with Gasteiger partial charge in [0.15, 0.2) is 0 Å². The van der Waals surface area contributed by atoms with Crippen molar-refractivity contribution in [3.05, 3.63) is 0 Å². The van der Waals surface area contributed by atoms with Gasteiger partial charge < -0.3 is 15.7 Å². The maximum absolute atomic E-state index is 11.9. The molecule has 122 valence electrons. The molecular formula is C16H30N2O3. The molecule has 0 heterocycles. The second kappa shape index (κ2) is 9.64.